The standard InChI is InChI=1S/C19H20N2/c1-14(2)21-13-15-8-10-16(11-9-15)18-7-3-5-17-6-4-12-20-19(17)18/h3-12,14,21H,13H2,1-2H3. The molecule has 3 rings (SSSR count). The van der Waals surface area contributed by atoms with Gasteiger partial charge in [0, 0.05) is 29.7 Å². The van der Waals surface area contributed by atoms with E-state index in [0.29, 0.717) is 6.04 Å². The Morgan fingerprint density at radius 1 is 0.952 bits per heavy atom. The van der Waals surface area contributed by atoms with Crippen molar-refractivity contribution in [1.82, 2.24) is 10.3 Å². The Bertz CT molecular complexity index is 725. The summed E-state index contributed by atoms with van der Waals surface area (Å²) in [6, 6.07) is 19.7. The van der Waals surface area contributed by atoms with Crippen molar-refractivity contribution in [1.29, 1.82) is 0 Å². The number of para-hydroxylation sites is 1. The number of pyridine rings is 1. The summed E-state index contributed by atoms with van der Waals surface area (Å²) in [4.78, 5) is 4.53. The summed E-state index contributed by atoms with van der Waals surface area (Å²) in [5.74, 6) is 0. The average Bonchev–Trinajstić information content (AvgIpc) is 2.53. The lowest BCUT2D eigenvalue weighted by molar-refractivity contribution is 0.589. The van der Waals surface area contributed by atoms with Gasteiger partial charge < -0.3 is 5.32 Å². The van der Waals surface area contributed by atoms with Crippen LogP contribution in [0.1, 0.15) is 19.4 Å². The summed E-state index contributed by atoms with van der Waals surface area (Å²) < 4.78 is 0. The van der Waals surface area contributed by atoms with Crippen LogP contribution in [0.15, 0.2) is 60.8 Å². The lowest BCUT2D eigenvalue weighted by atomic mass is 10.0. The second-order valence-electron chi connectivity index (χ2n) is 5.61. The van der Waals surface area contributed by atoms with Crippen LogP contribution in [0, 0.1) is 0 Å². The smallest absolute Gasteiger partial charge is 0.0780 e. The van der Waals surface area contributed by atoms with E-state index in [1.807, 2.05) is 12.3 Å². The van der Waals surface area contributed by atoms with E-state index in [1.165, 1.54) is 22.1 Å². The number of hydrogen-bond donors (Lipinski definition) is 1. The second-order valence-corrected chi connectivity index (χ2v) is 5.61. The number of benzene rings is 2. The topological polar surface area (TPSA) is 24.9 Å². The number of fused-ring (bicyclic) bond motifs is 1. The zero-order valence-electron chi connectivity index (χ0n) is 12.5. The fourth-order valence-corrected chi connectivity index (χ4v) is 2.46. The molecule has 2 heteroatoms. The Morgan fingerprint density at radius 2 is 1.71 bits per heavy atom. The van der Waals surface area contributed by atoms with E-state index in [4.69, 9.17) is 0 Å². The minimum absolute atomic E-state index is 0.506. The molecule has 1 N–H and O–H groups in total. The predicted molar refractivity (Wildman–Crippen MR) is 89.2 cm³/mol. The molecule has 1 aromatic heterocycles. The third-order valence-corrected chi connectivity index (χ3v) is 3.61. The molecule has 0 unspecified atom stereocenters. The molecular weight excluding hydrogens is 256 g/mol. The van der Waals surface area contributed by atoms with Gasteiger partial charge in [-0.1, -0.05) is 62.4 Å². The van der Waals surface area contributed by atoms with E-state index >= 15 is 0 Å². The van der Waals surface area contributed by atoms with Crippen molar-refractivity contribution >= 4 is 10.9 Å². The molecule has 0 radical (unpaired) electrons. The van der Waals surface area contributed by atoms with Crippen molar-refractivity contribution in [3.63, 3.8) is 0 Å². The Morgan fingerprint density at radius 3 is 2.48 bits per heavy atom. The highest BCUT2D eigenvalue weighted by atomic mass is 14.9. The minimum atomic E-state index is 0.506. The van der Waals surface area contributed by atoms with Crippen LogP contribution in [-0.2, 0) is 6.54 Å². The minimum Gasteiger partial charge on any atom is -0.310 e. The summed E-state index contributed by atoms with van der Waals surface area (Å²) in [6.07, 6.45) is 1.85. The Hall–Kier alpha value is -2.19. The third-order valence-electron chi connectivity index (χ3n) is 3.61. The maximum absolute atomic E-state index is 4.53. The fourth-order valence-electron chi connectivity index (χ4n) is 2.46. The number of aromatic nitrogens is 1. The van der Waals surface area contributed by atoms with Crippen molar-refractivity contribution in [3.8, 4) is 11.1 Å². The first-order chi connectivity index (χ1) is 10.2. The molecular formula is C19H20N2. The van der Waals surface area contributed by atoms with Gasteiger partial charge >= 0.3 is 0 Å². The van der Waals surface area contributed by atoms with Crippen molar-refractivity contribution in [3.05, 3.63) is 66.4 Å². The lowest BCUT2D eigenvalue weighted by Crippen LogP contribution is -2.21. The molecule has 3 aromatic rings. The van der Waals surface area contributed by atoms with Gasteiger partial charge in [-0.3, -0.25) is 4.98 Å². The van der Waals surface area contributed by atoms with Gasteiger partial charge in [-0.25, -0.2) is 0 Å². The second kappa shape index (κ2) is 6.06. The fraction of sp³-hybridized carbons (Fsp3) is 0.211. The summed E-state index contributed by atoms with van der Waals surface area (Å²) in [7, 11) is 0. The van der Waals surface area contributed by atoms with Gasteiger partial charge in [0.2, 0.25) is 0 Å². The van der Waals surface area contributed by atoms with Gasteiger partial charge in [0.1, 0.15) is 0 Å². The number of hydrogen-bond acceptors (Lipinski definition) is 2. The normalized spacial score (nSPS) is 11.2. The first-order valence-electron chi connectivity index (χ1n) is 7.40. The lowest BCUT2D eigenvalue weighted by Gasteiger charge is -2.10. The van der Waals surface area contributed by atoms with Gasteiger partial charge in [0.15, 0.2) is 0 Å². The molecule has 21 heavy (non-hydrogen) atoms. The first kappa shape index (κ1) is 13.8. The maximum Gasteiger partial charge on any atom is 0.0780 e. The molecule has 1 heterocycles. The van der Waals surface area contributed by atoms with Crippen molar-refractivity contribution in [2.24, 2.45) is 0 Å². The molecule has 2 nitrogen and oxygen atoms in total. The molecule has 0 spiro atoms. The van der Waals surface area contributed by atoms with E-state index in [1.54, 1.807) is 0 Å². The van der Waals surface area contributed by atoms with Crippen LogP contribution >= 0.6 is 0 Å². The summed E-state index contributed by atoms with van der Waals surface area (Å²) in [6.45, 7) is 5.23. The highest BCUT2D eigenvalue weighted by Crippen LogP contribution is 2.27. The molecule has 0 aliphatic rings. The van der Waals surface area contributed by atoms with Gasteiger partial charge in [0.25, 0.3) is 0 Å². The average molecular weight is 276 g/mol. The van der Waals surface area contributed by atoms with Crippen LogP contribution in [0.2, 0.25) is 0 Å². The van der Waals surface area contributed by atoms with Crippen molar-refractivity contribution in [2.75, 3.05) is 0 Å². The summed E-state index contributed by atoms with van der Waals surface area (Å²) in [5.41, 5.74) is 4.78. The predicted octanol–water partition coefficient (Wildman–Crippen LogP) is 4.40. The molecule has 0 atom stereocenters. The van der Waals surface area contributed by atoms with Crippen LogP contribution in [0.25, 0.3) is 22.0 Å². The molecule has 0 fully saturated rings. The monoisotopic (exact) mass is 276 g/mol. The van der Waals surface area contributed by atoms with Gasteiger partial charge in [-0.2, -0.15) is 0 Å². The number of rotatable bonds is 4. The summed E-state index contributed by atoms with van der Waals surface area (Å²) in [5, 5.41) is 4.62. The zero-order valence-corrected chi connectivity index (χ0v) is 12.5. The molecule has 0 amide bonds. The van der Waals surface area contributed by atoms with Gasteiger partial charge in [-0.15, -0.1) is 0 Å². The Kier molecular flexibility index (Phi) is 3.98. The van der Waals surface area contributed by atoms with Crippen molar-refractivity contribution < 1.29 is 0 Å². The maximum atomic E-state index is 4.53. The SMILES string of the molecule is CC(C)NCc1ccc(-c2cccc3cccnc23)cc1. The van der Waals surface area contributed by atoms with Crippen LogP contribution in [0.3, 0.4) is 0 Å². The van der Waals surface area contributed by atoms with Gasteiger partial charge in [0.05, 0.1) is 5.52 Å². The van der Waals surface area contributed by atoms with Crippen LogP contribution < -0.4 is 5.32 Å². The third kappa shape index (κ3) is 3.11. The number of nitrogens with one attached hydrogen (secondary N) is 1. The van der Waals surface area contributed by atoms with E-state index in [0.717, 1.165) is 12.1 Å². The molecule has 0 saturated carbocycles. The molecule has 0 aliphatic carbocycles. The molecule has 2 aromatic carbocycles. The van der Waals surface area contributed by atoms with E-state index < -0.39 is 0 Å². The highest BCUT2D eigenvalue weighted by molar-refractivity contribution is 5.93. The number of nitrogens with zero attached hydrogens (tertiary/aromatic N) is 1. The van der Waals surface area contributed by atoms with E-state index in [2.05, 4.69) is 72.7 Å². The molecule has 0 bridgehead atoms. The van der Waals surface area contributed by atoms with E-state index in [9.17, 15) is 0 Å². The van der Waals surface area contributed by atoms with Crippen LogP contribution in [0.4, 0.5) is 0 Å². The molecule has 106 valence electrons. The largest absolute Gasteiger partial charge is 0.310 e. The van der Waals surface area contributed by atoms with E-state index in [-0.39, 0.29) is 0 Å². The quantitative estimate of drug-likeness (QED) is 0.764. The zero-order chi connectivity index (χ0) is 14.7. The van der Waals surface area contributed by atoms with Crippen LogP contribution in [-0.4, -0.2) is 11.0 Å². The first-order valence-corrected chi connectivity index (χ1v) is 7.40. The van der Waals surface area contributed by atoms with Gasteiger partial charge in [-0.05, 0) is 17.2 Å². The highest BCUT2D eigenvalue weighted by Gasteiger charge is 2.04. The molecule has 0 aliphatic heterocycles. The van der Waals surface area contributed by atoms with Crippen LogP contribution in [0.5, 0.6) is 0 Å². The Labute approximate surface area is 125 Å². The molecule has 0 saturated heterocycles. The summed E-state index contributed by atoms with van der Waals surface area (Å²) >= 11 is 0. The van der Waals surface area contributed by atoms with Crippen molar-refractivity contribution in [2.45, 2.75) is 26.4 Å². The Balaban J connectivity index is 1.92.